The Morgan fingerprint density at radius 2 is 1.61 bits per heavy atom. The zero-order valence-electron chi connectivity index (χ0n) is 20.6. The number of aromatic nitrogens is 3. The van der Waals surface area contributed by atoms with Crippen LogP contribution in [0.4, 0.5) is 23.0 Å². The molecule has 0 atom stereocenters. The molecule has 9 nitrogen and oxygen atoms in total. The van der Waals surface area contributed by atoms with Crippen LogP contribution in [0.25, 0.3) is 10.9 Å². The van der Waals surface area contributed by atoms with Crippen molar-refractivity contribution in [1.82, 2.24) is 15.0 Å². The molecule has 0 bridgehead atoms. The average Bonchev–Trinajstić information content (AvgIpc) is 3.28. The molecule has 0 radical (unpaired) electrons. The SMILES string of the molecule is Cc1ccc(N2CCN(c3ncnc(N4CCc5c([nH]c6ccccc56)C4)c3[N+](=O)[O-])CC2)cc1C. The number of hydrogen-bond acceptors (Lipinski definition) is 7. The van der Waals surface area contributed by atoms with Gasteiger partial charge in [-0.25, -0.2) is 9.97 Å². The normalized spacial score (nSPS) is 15.9. The van der Waals surface area contributed by atoms with Crippen LogP contribution in [-0.2, 0) is 13.0 Å². The Morgan fingerprint density at radius 1 is 0.889 bits per heavy atom. The Kier molecular flexibility index (Phi) is 5.47. The minimum Gasteiger partial charge on any atom is -0.368 e. The van der Waals surface area contributed by atoms with E-state index in [0.717, 1.165) is 30.7 Å². The number of hydrogen-bond donors (Lipinski definition) is 1. The third kappa shape index (κ3) is 3.80. The third-order valence-corrected chi connectivity index (χ3v) is 7.58. The summed E-state index contributed by atoms with van der Waals surface area (Å²) in [6.07, 6.45) is 2.28. The van der Waals surface area contributed by atoms with Gasteiger partial charge >= 0.3 is 5.69 Å². The number of para-hydroxylation sites is 1. The second-order valence-electron chi connectivity index (χ2n) is 9.67. The van der Waals surface area contributed by atoms with Gasteiger partial charge in [0.15, 0.2) is 0 Å². The molecule has 4 aromatic rings. The molecule has 0 unspecified atom stereocenters. The molecule has 0 aliphatic carbocycles. The smallest absolute Gasteiger partial charge is 0.353 e. The number of H-pyrrole nitrogens is 1. The van der Waals surface area contributed by atoms with E-state index in [1.165, 1.54) is 34.1 Å². The third-order valence-electron chi connectivity index (χ3n) is 7.58. The molecule has 2 aromatic heterocycles. The van der Waals surface area contributed by atoms with Gasteiger partial charge in [0.25, 0.3) is 0 Å². The van der Waals surface area contributed by atoms with Crippen molar-refractivity contribution in [3.8, 4) is 0 Å². The maximum atomic E-state index is 12.3. The highest BCUT2D eigenvalue weighted by Crippen LogP contribution is 2.38. The summed E-state index contributed by atoms with van der Waals surface area (Å²) in [5, 5.41) is 13.6. The number of nitro groups is 1. The number of aryl methyl sites for hydroxylation is 2. The van der Waals surface area contributed by atoms with Crippen molar-refractivity contribution in [2.45, 2.75) is 26.8 Å². The summed E-state index contributed by atoms with van der Waals surface area (Å²) in [4.78, 5) is 30.7. The van der Waals surface area contributed by atoms with Crippen molar-refractivity contribution in [2.24, 2.45) is 0 Å². The molecule has 1 saturated heterocycles. The van der Waals surface area contributed by atoms with Gasteiger partial charge in [0.05, 0.1) is 11.5 Å². The zero-order chi connectivity index (χ0) is 24.8. The number of fused-ring (bicyclic) bond motifs is 3. The first kappa shape index (κ1) is 22.3. The number of nitrogens with one attached hydrogen (secondary N) is 1. The topological polar surface area (TPSA) is 94.4 Å². The highest BCUT2D eigenvalue weighted by atomic mass is 16.6. The lowest BCUT2D eigenvalue weighted by Crippen LogP contribution is -2.47. The molecule has 0 spiro atoms. The van der Waals surface area contributed by atoms with Gasteiger partial charge in [-0.05, 0) is 55.2 Å². The minimum absolute atomic E-state index is 0.00306. The van der Waals surface area contributed by atoms with E-state index in [1.54, 1.807) is 0 Å². The molecule has 36 heavy (non-hydrogen) atoms. The molecule has 2 aromatic carbocycles. The van der Waals surface area contributed by atoms with Crippen LogP contribution in [0.5, 0.6) is 0 Å². The van der Waals surface area contributed by atoms with E-state index in [9.17, 15) is 10.1 Å². The fourth-order valence-electron chi connectivity index (χ4n) is 5.46. The largest absolute Gasteiger partial charge is 0.368 e. The van der Waals surface area contributed by atoms with Gasteiger partial charge in [-0.3, -0.25) is 10.1 Å². The monoisotopic (exact) mass is 483 g/mol. The zero-order valence-corrected chi connectivity index (χ0v) is 20.6. The minimum atomic E-state index is -0.318. The summed E-state index contributed by atoms with van der Waals surface area (Å²) in [6, 6.07) is 14.8. The van der Waals surface area contributed by atoms with E-state index < -0.39 is 0 Å². The first-order chi connectivity index (χ1) is 17.5. The number of anilines is 3. The van der Waals surface area contributed by atoms with Gasteiger partial charge in [0, 0.05) is 55.0 Å². The lowest BCUT2D eigenvalue weighted by molar-refractivity contribution is -0.383. The van der Waals surface area contributed by atoms with Crippen molar-refractivity contribution >= 4 is 33.9 Å². The fourth-order valence-corrected chi connectivity index (χ4v) is 5.46. The predicted octanol–water partition coefficient (Wildman–Crippen LogP) is 4.37. The average molecular weight is 484 g/mol. The Hall–Kier alpha value is -4.14. The van der Waals surface area contributed by atoms with Crippen LogP contribution >= 0.6 is 0 Å². The van der Waals surface area contributed by atoms with Crippen LogP contribution in [0, 0.1) is 24.0 Å². The molecule has 4 heterocycles. The summed E-state index contributed by atoms with van der Waals surface area (Å²) in [6.45, 7) is 8.36. The molecule has 0 amide bonds. The molecule has 184 valence electrons. The Labute approximate surface area is 209 Å². The quantitative estimate of drug-likeness (QED) is 0.340. The van der Waals surface area contributed by atoms with Gasteiger partial charge in [0.2, 0.25) is 11.6 Å². The lowest BCUT2D eigenvalue weighted by Gasteiger charge is -2.37. The molecule has 6 rings (SSSR count). The van der Waals surface area contributed by atoms with Gasteiger partial charge in [-0.2, -0.15) is 0 Å². The Bertz CT molecular complexity index is 1460. The molecule has 9 heteroatoms. The van der Waals surface area contributed by atoms with E-state index >= 15 is 0 Å². The molecular weight excluding hydrogens is 454 g/mol. The van der Waals surface area contributed by atoms with Crippen molar-refractivity contribution < 1.29 is 4.92 Å². The van der Waals surface area contributed by atoms with Crippen LogP contribution in [0.1, 0.15) is 22.4 Å². The maximum Gasteiger partial charge on any atom is 0.353 e. The summed E-state index contributed by atoms with van der Waals surface area (Å²) >= 11 is 0. The van der Waals surface area contributed by atoms with E-state index in [4.69, 9.17) is 0 Å². The van der Waals surface area contributed by atoms with Crippen molar-refractivity contribution in [2.75, 3.05) is 47.4 Å². The summed E-state index contributed by atoms with van der Waals surface area (Å²) < 4.78 is 0. The number of nitrogens with zero attached hydrogens (tertiary/aromatic N) is 6. The second-order valence-corrected chi connectivity index (χ2v) is 9.67. The number of aromatic amines is 1. The van der Waals surface area contributed by atoms with Crippen molar-refractivity contribution in [1.29, 1.82) is 0 Å². The van der Waals surface area contributed by atoms with Crippen LogP contribution in [0.3, 0.4) is 0 Å². The molecule has 2 aliphatic rings. The number of benzene rings is 2. The standard InChI is InChI=1S/C27H29N7O2/c1-18-7-8-20(15-19(18)2)31-11-13-32(14-12-31)26-25(34(35)36)27(29-17-28-26)33-10-9-22-21-5-3-4-6-23(21)30-24(22)16-33/h3-8,15,17,30H,9-14,16H2,1-2H3. The van der Waals surface area contributed by atoms with Gasteiger partial charge < -0.3 is 19.7 Å². The van der Waals surface area contributed by atoms with E-state index in [1.807, 2.05) is 21.9 Å². The van der Waals surface area contributed by atoms with Crippen LogP contribution < -0.4 is 14.7 Å². The van der Waals surface area contributed by atoms with E-state index in [2.05, 4.69) is 64.0 Å². The van der Waals surface area contributed by atoms with Crippen LogP contribution in [-0.4, -0.2) is 52.6 Å². The first-order valence-electron chi connectivity index (χ1n) is 12.4. The Balaban J connectivity index is 1.26. The van der Waals surface area contributed by atoms with E-state index in [-0.39, 0.29) is 10.6 Å². The van der Waals surface area contributed by atoms with Gasteiger partial charge in [-0.15, -0.1) is 0 Å². The highest BCUT2D eigenvalue weighted by molar-refractivity contribution is 5.85. The second kappa shape index (κ2) is 8.82. The number of piperazine rings is 1. The molecule has 0 saturated carbocycles. The first-order valence-corrected chi connectivity index (χ1v) is 12.4. The molecule has 1 fully saturated rings. The predicted molar refractivity (Wildman–Crippen MR) is 142 cm³/mol. The molecular formula is C27H29N7O2. The van der Waals surface area contributed by atoms with Crippen LogP contribution in [0.2, 0.25) is 0 Å². The summed E-state index contributed by atoms with van der Waals surface area (Å²) in [7, 11) is 0. The van der Waals surface area contributed by atoms with E-state index in [0.29, 0.717) is 37.8 Å². The molecule has 1 N–H and O–H groups in total. The van der Waals surface area contributed by atoms with Gasteiger partial charge in [0.1, 0.15) is 6.33 Å². The maximum absolute atomic E-state index is 12.3. The summed E-state index contributed by atoms with van der Waals surface area (Å²) in [5.41, 5.74) is 7.23. The van der Waals surface area contributed by atoms with Crippen molar-refractivity contribution in [3.63, 3.8) is 0 Å². The summed E-state index contributed by atoms with van der Waals surface area (Å²) in [5.74, 6) is 0.804. The fraction of sp³-hybridized carbons (Fsp3) is 0.333. The number of rotatable bonds is 4. The lowest BCUT2D eigenvalue weighted by atomic mass is 10.0. The Morgan fingerprint density at radius 3 is 2.36 bits per heavy atom. The van der Waals surface area contributed by atoms with Gasteiger partial charge in [-0.1, -0.05) is 24.3 Å². The highest BCUT2D eigenvalue weighted by Gasteiger charge is 2.33. The molecule has 2 aliphatic heterocycles. The van der Waals surface area contributed by atoms with Crippen LogP contribution in [0.15, 0.2) is 48.8 Å². The van der Waals surface area contributed by atoms with Crippen molar-refractivity contribution in [3.05, 3.63) is 81.3 Å².